The average molecular weight is 452 g/mol. The highest BCUT2D eigenvalue weighted by Gasteiger charge is 2.16. The second kappa shape index (κ2) is 7.60. The summed E-state index contributed by atoms with van der Waals surface area (Å²) < 4.78 is 52.6. The van der Waals surface area contributed by atoms with E-state index in [9.17, 15) is 27.2 Å². The van der Waals surface area contributed by atoms with Crippen LogP contribution in [0.4, 0.5) is 23.2 Å². The summed E-state index contributed by atoms with van der Waals surface area (Å²) in [5.41, 5.74) is -0.395. The Morgan fingerprint density at radius 1 is 1.00 bits per heavy atom. The van der Waals surface area contributed by atoms with Crippen LogP contribution in [-0.4, -0.2) is 18.4 Å². The van der Waals surface area contributed by atoms with Crippen molar-refractivity contribution in [1.29, 1.82) is 0 Å². The number of amides is 2. The van der Waals surface area contributed by atoms with Gasteiger partial charge < -0.3 is 10.6 Å². The van der Waals surface area contributed by atoms with Crippen LogP contribution < -0.4 is 10.6 Å². The van der Waals surface area contributed by atoms with Crippen LogP contribution in [0.2, 0.25) is 0 Å². The van der Waals surface area contributed by atoms with Crippen LogP contribution in [0.1, 0.15) is 10.4 Å². The van der Waals surface area contributed by atoms with Crippen molar-refractivity contribution in [3.8, 4) is 0 Å². The normalized spacial score (nSPS) is 10.4. The molecule has 0 aliphatic rings. The number of carbonyl (C=O) groups excluding carboxylic acids is 2. The predicted octanol–water partition coefficient (Wildman–Crippen LogP) is 3.22. The molecule has 0 heterocycles. The first-order valence-electron chi connectivity index (χ1n) is 6.46. The van der Waals surface area contributed by atoms with E-state index in [0.29, 0.717) is 9.64 Å². The minimum atomic E-state index is -1.71. The molecule has 0 unspecified atom stereocenters. The van der Waals surface area contributed by atoms with Gasteiger partial charge in [0.1, 0.15) is 5.82 Å². The maximum absolute atomic E-state index is 13.4. The molecule has 0 bridgehead atoms. The summed E-state index contributed by atoms with van der Waals surface area (Å²) >= 11 is 1.76. The van der Waals surface area contributed by atoms with Gasteiger partial charge in [0.15, 0.2) is 17.5 Å². The number of hydrogen-bond acceptors (Lipinski definition) is 2. The highest BCUT2D eigenvalue weighted by molar-refractivity contribution is 14.1. The van der Waals surface area contributed by atoms with E-state index in [4.69, 9.17) is 0 Å². The minimum Gasteiger partial charge on any atom is -0.343 e. The second-order valence-electron chi connectivity index (χ2n) is 4.58. The Bertz CT molecular complexity index is 814. The van der Waals surface area contributed by atoms with E-state index in [1.807, 2.05) is 5.32 Å². The van der Waals surface area contributed by atoms with Crippen LogP contribution in [0, 0.1) is 26.8 Å². The van der Waals surface area contributed by atoms with Crippen molar-refractivity contribution in [1.82, 2.24) is 5.32 Å². The Labute approximate surface area is 147 Å². The maximum Gasteiger partial charge on any atom is 0.252 e. The van der Waals surface area contributed by atoms with Crippen LogP contribution in [0.3, 0.4) is 0 Å². The van der Waals surface area contributed by atoms with Crippen LogP contribution in [0.25, 0.3) is 0 Å². The van der Waals surface area contributed by atoms with Crippen molar-refractivity contribution in [3.63, 3.8) is 0 Å². The van der Waals surface area contributed by atoms with Crippen LogP contribution >= 0.6 is 22.6 Å². The SMILES string of the molecule is O=C(CNC(=O)c1ccc(F)cc1I)Nc1ccc(F)c(F)c1F. The first-order chi connectivity index (χ1) is 11.3. The number of nitrogens with one attached hydrogen (secondary N) is 2. The van der Waals surface area contributed by atoms with E-state index in [2.05, 4.69) is 5.32 Å². The number of carbonyl (C=O) groups is 2. The van der Waals surface area contributed by atoms with Gasteiger partial charge in [0.05, 0.1) is 17.8 Å². The largest absolute Gasteiger partial charge is 0.343 e. The molecule has 2 aromatic rings. The maximum atomic E-state index is 13.4. The molecule has 126 valence electrons. The van der Waals surface area contributed by atoms with Crippen molar-refractivity contribution in [2.24, 2.45) is 0 Å². The Morgan fingerprint density at radius 3 is 2.38 bits per heavy atom. The molecule has 2 aromatic carbocycles. The fraction of sp³-hybridized carbons (Fsp3) is 0.0667. The van der Waals surface area contributed by atoms with E-state index in [1.54, 1.807) is 22.6 Å². The van der Waals surface area contributed by atoms with Crippen molar-refractivity contribution in [2.45, 2.75) is 0 Å². The van der Waals surface area contributed by atoms with Gasteiger partial charge in [-0.3, -0.25) is 9.59 Å². The summed E-state index contributed by atoms with van der Waals surface area (Å²) in [6.07, 6.45) is 0. The Kier molecular flexibility index (Phi) is 5.75. The zero-order valence-electron chi connectivity index (χ0n) is 11.8. The van der Waals surface area contributed by atoms with E-state index in [1.165, 1.54) is 6.07 Å². The molecule has 0 spiro atoms. The van der Waals surface area contributed by atoms with Crippen molar-refractivity contribution in [2.75, 3.05) is 11.9 Å². The summed E-state index contributed by atoms with van der Waals surface area (Å²) in [7, 11) is 0. The molecule has 0 radical (unpaired) electrons. The third-order valence-corrected chi connectivity index (χ3v) is 3.79. The number of benzene rings is 2. The van der Waals surface area contributed by atoms with Crippen LogP contribution in [0.15, 0.2) is 30.3 Å². The summed E-state index contributed by atoms with van der Waals surface area (Å²) in [5, 5.41) is 4.27. The molecule has 2 amide bonds. The van der Waals surface area contributed by atoms with Crippen LogP contribution in [0.5, 0.6) is 0 Å². The second-order valence-corrected chi connectivity index (χ2v) is 5.74. The average Bonchev–Trinajstić information content (AvgIpc) is 2.53. The van der Waals surface area contributed by atoms with Gasteiger partial charge in [-0.15, -0.1) is 0 Å². The lowest BCUT2D eigenvalue weighted by Gasteiger charge is -2.09. The molecule has 2 rings (SSSR count). The standard InChI is InChI=1S/C15H9F4IN2O2/c16-7-1-2-8(10(20)5-7)15(24)21-6-12(23)22-11-4-3-9(17)13(18)14(11)19/h1-5H,6H2,(H,21,24)(H,22,23). The predicted molar refractivity (Wildman–Crippen MR) is 86.4 cm³/mol. The highest BCUT2D eigenvalue weighted by atomic mass is 127. The number of halogens is 5. The van der Waals surface area contributed by atoms with E-state index >= 15 is 0 Å². The third kappa shape index (κ3) is 4.22. The molecule has 0 fully saturated rings. The molecule has 0 saturated heterocycles. The van der Waals surface area contributed by atoms with Gasteiger partial charge in [-0.25, -0.2) is 17.6 Å². The minimum absolute atomic E-state index is 0.156. The molecule has 0 atom stereocenters. The molecular weight excluding hydrogens is 443 g/mol. The Balaban J connectivity index is 1.98. The van der Waals surface area contributed by atoms with Gasteiger partial charge >= 0.3 is 0 Å². The van der Waals surface area contributed by atoms with Gasteiger partial charge in [-0.05, 0) is 52.9 Å². The zero-order valence-corrected chi connectivity index (χ0v) is 14.0. The molecule has 24 heavy (non-hydrogen) atoms. The number of anilines is 1. The van der Waals surface area contributed by atoms with Gasteiger partial charge in [0.25, 0.3) is 5.91 Å². The van der Waals surface area contributed by atoms with E-state index in [0.717, 1.165) is 18.2 Å². The summed E-state index contributed by atoms with van der Waals surface area (Å²) in [5.74, 6) is -6.63. The number of rotatable bonds is 4. The van der Waals surface area contributed by atoms with E-state index < -0.39 is 47.3 Å². The molecule has 0 saturated carbocycles. The quantitative estimate of drug-likeness (QED) is 0.426. The van der Waals surface area contributed by atoms with Gasteiger partial charge in [-0.2, -0.15) is 0 Å². The number of hydrogen-bond donors (Lipinski definition) is 2. The lowest BCUT2D eigenvalue weighted by atomic mass is 10.2. The van der Waals surface area contributed by atoms with Gasteiger partial charge in [-0.1, -0.05) is 0 Å². The zero-order chi connectivity index (χ0) is 17.9. The lowest BCUT2D eigenvalue weighted by molar-refractivity contribution is -0.115. The molecule has 0 aromatic heterocycles. The third-order valence-electron chi connectivity index (χ3n) is 2.89. The molecular formula is C15H9F4IN2O2. The monoisotopic (exact) mass is 452 g/mol. The van der Waals surface area contributed by atoms with Crippen molar-refractivity contribution < 1.29 is 27.2 Å². The lowest BCUT2D eigenvalue weighted by Crippen LogP contribution is -2.33. The smallest absolute Gasteiger partial charge is 0.252 e. The summed E-state index contributed by atoms with van der Waals surface area (Å²) in [6, 6.07) is 5.00. The van der Waals surface area contributed by atoms with E-state index in [-0.39, 0.29) is 5.56 Å². The fourth-order valence-electron chi connectivity index (χ4n) is 1.75. The first-order valence-corrected chi connectivity index (χ1v) is 7.54. The molecule has 9 heteroatoms. The fourth-order valence-corrected chi connectivity index (χ4v) is 2.47. The Morgan fingerprint density at radius 2 is 1.71 bits per heavy atom. The van der Waals surface area contributed by atoms with Gasteiger partial charge in [0, 0.05) is 3.57 Å². The molecule has 0 aliphatic heterocycles. The van der Waals surface area contributed by atoms with Crippen LogP contribution in [-0.2, 0) is 4.79 Å². The first kappa shape index (κ1) is 18.2. The topological polar surface area (TPSA) is 58.2 Å². The molecule has 2 N–H and O–H groups in total. The summed E-state index contributed by atoms with van der Waals surface area (Å²) in [6.45, 7) is -0.537. The Hall–Kier alpha value is -2.17. The molecule has 4 nitrogen and oxygen atoms in total. The van der Waals surface area contributed by atoms with Crippen molar-refractivity contribution >= 4 is 40.1 Å². The van der Waals surface area contributed by atoms with Crippen molar-refractivity contribution in [3.05, 3.63) is 62.7 Å². The van der Waals surface area contributed by atoms with Gasteiger partial charge in [0.2, 0.25) is 5.91 Å². The highest BCUT2D eigenvalue weighted by Crippen LogP contribution is 2.19. The molecule has 0 aliphatic carbocycles. The summed E-state index contributed by atoms with van der Waals surface area (Å²) in [4.78, 5) is 23.6.